The fourth-order valence-corrected chi connectivity index (χ4v) is 3.03. The molecule has 1 aromatic carbocycles. The van der Waals surface area contributed by atoms with Crippen LogP contribution in [0.3, 0.4) is 0 Å². The molecule has 0 saturated heterocycles. The number of benzene rings is 1. The van der Waals surface area contributed by atoms with E-state index in [1.807, 2.05) is 0 Å². The zero-order valence-corrected chi connectivity index (χ0v) is 12.7. The van der Waals surface area contributed by atoms with Gasteiger partial charge in [-0.3, -0.25) is 4.79 Å². The molecule has 2 rings (SSSR count). The maximum Gasteiger partial charge on any atom is 0.230 e. The molecule has 1 aromatic rings. The molecule has 0 spiro atoms. The molecular formula is C13H16Cl2N2OS. The predicted octanol–water partition coefficient (Wildman–Crippen LogP) is 2.94. The second-order valence-corrected chi connectivity index (χ2v) is 6.53. The predicted molar refractivity (Wildman–Crippen MR) is 80.9 cm³/mol. The molecule has 1 amide bonds. The second kappa shape index (κ2) is 6.84. The van der Waals surface area contributed by atoms with Crippen molar-refractivity contribution < 1.29 is 4.79 Å². The molecule has 19 heavy (non-hydrogen) atoms. The lowest BCUT2D eigenvalue weighted by Gasteiger charge is -2.11. The minimum Gasteiger partial charge on any atom is -0.354 e. The maximum atomic E-state index is 11.7. The average molecular weight is 319 g/mol. The van der Waals surface area contributed by atoms with E-state index < -0.39 is 0 Å². The monoisotopic (exact) mass is 318 g/mol. The molecule has 1 aliphatic rings. The minimum absolute atomic E-state index is 0.0304. The number of nitrogens with one attached hydrogen (secondary N) is 1. The van der Waals surface area contributed by atoms with Crippen LogP contribution in [0.25, 0.3) is 0 Å². The summed E-state index contributed by atoms with van der Waals surface area (Å²) >= 11 is 13.3. The van der Waals surface area contributed by atoms with Crippen molar-refractivity contribution in [3.05, 3.63) is 28.2 Å². The molecule has 1 unspecified atom stereocenters. The van der Waals surface area contributed by atoms with Gasteiger partial charge >= 0.3 is 0 Å². The highest BCUT2D eigenvalue weighted by Gasteiger charge is 2.28. The lowest BCUT2D eigenvalue weighted by molar-refractivity contribution is -0.118. The topological polar surface area (TPSA) is 55.1 Å². The Balaban J connectivity index is 1.74. The molecule has 3 N–H and O–H groups in total. The molecule has 1 atom stereocenters. The normalized spacial score (nSPS) is 16.2. The largest absolute Gasteiger partial charge is 0.354 e. The van der Waals surface area contributed by atoms with Crippen molar-refractivity contribution in [1.82, 2.24) is 5.32 Å². The van der Waals surface area contributed by atoms with Gasteiger partial charge in [0, 0.05) is 22.5 Å². The molecule has 0 aliphatic heterocycles. The Bertz CT molecular complexity index is 466. The van der Waals surface area contributed by atoms with E-state index in [0.717, 1.165) is 4.90 Å². The van der Waals surface area contributed by atoms with Crippen molar-refractivity contribution in [3.8, 4) is 0 Å². The van der Waals surface area contributed by atoms with Crippen LogP contribution in [-0.4, -0.2) is 24.2 Å². The van der Waals surface area contributed by atoms with Crippen LogP contribution in [0, 0.1) is 5.92 Å². The first kappa shape index (κ1) is 15.0. The first-order valence-corrected chi connectivity index (χ1v) is 7.90. The summed E-state index contributed by atoms with van der Waals surface area (Å²) in [5.41, 5.74) is 5.92. The third-order valence-electron chi connectivity index (χ3n) is 3.01. The van der Waals surface area contributed by atoms with E-state index in [1.54, 1.807) is 18.2 Å². The Kier molecular flexibility index (Phi) is 5.39. The molecule has 3 nitrogen and oxygen atoms in total. The SMILES string of the molecule is NC(CNC(=O)CSc1cc(Cl)ccc1Cl)C1CC1. The van der Waals surface area contributed by atoms with E-state index in [9.17, 15) is 4.79 Å². The average Bonchev–Trinajstić information content (AvgIpc) is 3.21. The summed E-state index contributed by atoms with van der Waals surface area (Å²) in [4.78, 5) is 12.5. The first-order valence-electron chi connectivity index (χ1n) is 6.16. The number of rotatable bonds is 6. The van der Waals surface area contributed by atoms with E-state index in [0.29, 0.717) is 28.3 Å². The van der Waals surface area contributed by atoms with Crippen LogP contribution in [0.2, 0.25) is 10.0 Å². The number of carbonyl (C=O) groups is 1. The van der Waals surface area contributed by atoms with Crippen LogP contribution < -0.4 is 11.1 Å². The van der Waals surface area contributed by atoms with Crippen LogP contribution in [0.5, 0.6) is 0 Å². The Labute approximate surface area is 127 Å². The van der Waals surface area contributed by atoms with Gasteiger partial charge in [0.2, 0.25) is 5.91 Å². The molecule has 1 aliphatic carbocycles. The molecule has 104 valence electrons. The lowest BCUT2D eigenvalue weighted by atomic mass is 10.2. The van der Waals surface area contributed by atoms with Gasteiger partial charge in [-0.15, -0.1) is 11.8 Å². The Morgan fingerprint density at radius 2 is 2.21 bits per heavy atom. The number of amides is 1. The zero-order valence-electron chi connectivity index (χ0n) is 10.4. The summed E-state index contributed by atoms with van der Waals surface area (Å²) in [6.07, 6.45) is 2.37. The fraction of sp³-hybridized carbons (Fsp3) is 0.462. The number of halogens is 2. The van der Waals surface area contributed by atoms with Gasteiger partial charge in [0.15, 0.2) is 0 Å². The van der Waals surface area contributed by atoms with Crippen molar-refractivity contribution >= 4 is 40.9 Å². The van der Waals surface area contributed by atoms with Crippen molar-refractivity contribution in [1.29, 1.82) is 0 Å². The number of carbonyl (C=O) groups excluding carboxylic acids is 1. The van der Waals surface area contributed by atoms with Crippen LogP contribution in [0.15, 0.2) is 23.1 Å². The summed E-state index contributed by atoms with van der Waals surface area (Å²) in [6, 6.07) is 5.30. The van der Waals surface area contributed by atoms with Gasteiger partial charge in [-0.1, -0.05) is 23.2 Å². The van der Waals surface area contributed by atoms with E-state index in [2.05, 4.69) is 5.32 Å². The third kappa shape index (κ3) is 4.88. The van der Waals surface area contributed by atoms with E-state index in [4.69, 9.17) is 28.9 Å². The van der Waals surface area contributed by atoms with Crippen molar-refractivity contribution in [2.24, 2.45) is 11.7 Å². The standard InChI is InChI=1S/C13H16Cl2N2OS/c14-9-3-4-10(15)12(5-9)19-7-13(18)17-6-11(16)8-1-2-8/h3-5,8,11H,1-2,6-7,16H2,(H,17,18). The highest BCUT2D eigenvalue weighted by molar-refractivity contribution is 8.00. The van der Waals surface area contributed by atoms with Gasteiger partial charge in [-0.2, -0.15) is 0 Å². The lowest BCUT2D eigenvalue weighted by Crippen LogP contribution is -2.39. The number of nitrogens with two attached hydrogens (primary N) is 1. The van der Waals surface area contributed by atoms with E-state index >= 15 is 0 Å². The second-order valence-electron chi connectivity index (χ2n) is 4.67. The van der Waals surface area contributed by atoms with Crippen molar-refractivity contribution in [2.75, 3.05) is 12.3 Å². The summed E-state index contributed by atoms with van der Waals surface area (Å²) in [7, 11) is 0. The smallest absolute Gasteiger partial charge is 0.230 e. The van der Waals surface area contributed by atoms with Crippen molar-refractivity contribution in [2.45, 2.75) is 23.8 Å². The Morgan fingerprint density at radius 1 is 1.47 bits per heavy atom. The minimum atomic E-state index is -0.0304. The molecule has 0 radical (unpaired) electrons. The maximum absolute atomic E-state index is 11.7. The number of hydrogen-bond acceptors (Lipinski definition) is 3. The molecule has 0 bridgehead atoms. The third-order valence-corrected chi connectivity index (χ3v) is 4.75. The summed E-state index contributed by atoms with van der Waals surface area (Å²) < 4.78 is 0. The molecule has 6 heteroatoms. The van der Waals surface area contributed by atoms with Gasteiger partial charge in [0.25, 0.3) is 0 Å². The van der Waals surface area contributed by atoms with Gasteiger partial charge in [0.1, 0.15) is 0 Å². The van der Waals surface area contributed by atoms with Crippen LogP contribution >= 0.6 is 35.0 Å². The molecule has 1 fully saturated rings. The van der Waals surface area contributed by atoms with E-state index in [1.165, 1.54) is 24.6 Å². The fourth-order valence-electron chi connectivity index (χ4n) is 1.70. The number of hydrogen-bond donors (Lipinski definition) is 2. The van der Waals surface area contributed by atoms with Gasteiger partial charge < -0.3 is 11.1 Å². The highest BCUT2D eigenvalue weighted by atomic mass is 35.5. The molecule has 1 saturated carbocycles. The van der Waals surface area contributed by atoms with Gasteiger partial charge in [0.05, 0.1) is 10.8 Å². The first-order chi connectivity index (χ1) is 9.06. The summed E-state index contributed by atoms with van der Waals surface area (Å²) in [5.74, 6) is 0.879. The van der Waals surface area contributed by atoms with Crippen molar-refractivity contribution in [3.63, 3.8) is 0 Å². The van der Waals surface area contributed by atoms with Crippen LogP contribution in [-0.2, 0) is 4.79 Å². The van der Waals surface area contributed by atoms with Crippen LogP contribution in [0.1, 0.15) is 12.8 Å². The molecular weight excluding hydrogens is 303 g/mol. The zero-order chi connectivity index (χ0) is 13.8. The van der Waals surface area contributed by atoms with E-state index in [-0.39, 0.29) is 11.9 Å². The molecule has 0 heterocycles. The van der Waals surface area contributed by atoms with Crippen LogP contribution in [0.4, 0.5) is 0 Å². The molecule has 0 aromatic heterocycles. The quantitative estimate of drug-likeness (QED) is 0.793. The summed E-state index contributed by atoms with van der Waals surface area (Å²) in [6.45, 7) is 0.549. The Hall–Kier alpha value is -0.420. The highest BCUT2D eigenvalue weighted by Crippen LogP contribution is 2.31. The van der Waals surface area contributed by atoms with Gasteiger partial charge in [-0.05, 0) is 37.0 Å². The number of thioether (sulfide) groups is 1. The summed E-state index contributed by atoms with van der Waals surface area (Å²) in [5, 5.41) is 4.07. The Morgan fingerprint density at radius 3 is 2.89 bits per heavy atom. The van der Waals surface area contributed by atoms with Gasteiger partial charge in [-0.25, -0.2) is 0 Å².